The quantitative estimate of drug-likeness (QED) is 0.523. The molecule has 0 fully saturated rings. The molecule has 0 unspecified atom stereocenters. The van der Waals surface area contributed by atoms with Crippen molar-refractivity contribution < 1.29 is 14.7 Å². The van der Waals surface area contributed by atoms with Crippen molar-refractivity contribution in [1.82, 2.24) is 5.43 Å². The summed E-state index contributed by atoms with van der Waals surface area (Å²) in [5.74, 6) is -0.988. The van der Waals surface area contributed by atoms with Crippen LogP contribution in [0.4, 0.5) is 5.69 Å². The van der Waals surface area contributed by atoms with Gasteiger partial charge in [-0.1, -0.05) is 23.7 Å². The number of aryl methyl sites for hydroxylation is 1. The number of amides is 2. The number of halogens is 1. The Morgan fingerprint density at radius 1 is 1.18 bits per heavy atom. The lowest BCUT2D eigenvalue weighted by Gasteiger charge is -2.19. The number of benzene rings is 2. The third-order valence-corrected chi connectivity index (χ3v) is 4.87. The number of nitrogens with one attached hydrogen (secondary N) is 2. The van der Waals surface area contributed by atoms with Crippen LogP contribution in [0, 0.1) is 0 Å². The lowest BCUT2D eigenvalue weighted by molar-refractivity contribution is -0.115. The molecule has 7 heteroatoms. The van der Waals surface area contributed by atoms with Crippen LogP contribution < -0.4 is 10.7 Å². The zero-order valence-corrected chi connectivity index (χ0v) is 16.3. The van der Waals surface area contributed by atoms with E-state index in [-0.39, 0.29) is 23.6 Å². The minimum absolute atomic E-state index is 0.0180. The number of phenolic OH excluding ortho intramolecular Hbond substituents is 1. The second kappa shape index (κ2) is 8.89. The molecule has 6 nitrogen and oxygen atoms in total. The second-order valence-electron chi connectivity index (χ2n) is 6.82. The van der Waals surface area contributed by atoms with Crippen molar-refractivity contribution in [2.24, 2.45) is 5.10 Å². The van der Waals surface area contributed by atoms with Gasteiger partial charge in [0, 0.05) is 16.4 Å². The van der Waals surface area contributed by atoms with Crippen molar-refractivity contribution in [3.05, 3.63) is 58.1 Å². The summed E-state index contributed by atoms with van der Waals surface area (Å²) in [6.45, 7) is 1.65. The molecule has 0 heterocycles. The van der Waals surface area contributed by atoms with Gasteiger partial charge in [0.05, 0.1) is 12.0 Å². The Labute approximate surface area is 168 Å². The van der Waals surface area contributed by atoms with Gasteiger partial charge in [0.2, 0.25) is 5.91 Å². The van der Waals surface area contributed by atoms with Gasteiger partial charge >= 0.3 is 0 Å². The van der Waals surface area contributed by atoms with Crippen molar-refractivity contribution >= 4 is 34.8 Å². The van der Waals surface area contributed by atoms with Gasteiger partial charge in [-0.2, -0.15) is 5.10 Å². The van der Waals surface area contributed by atoms with E-state index >= 15 is 0 Å². The molecule has 0 aliphatic heterocycles. The number of hydrazone groups is 1. The van der Waals surface area contributed by atoms with E-state index < -0.39 is 5.91 Å². The number of aromatic hydroxyl groups is 1. The molecule has 1 aliphatic rings. The van der Waals surface area contributed by atoms with Crippen LogP contribution in [-0.4, -0.2) is 22.6 Å². The number of carbonyl (C=O) groups excluding carboxylic acids is 2. The van der Waals surface area contributed by atoms with Crippen LogP contribution in [0.25, 0.3) is 0 Å². The Kier molecular flexibility index (Phi) is 6.31. The van der Waals surface area contributed by atoms with E-state index in [1.807, 2.05) is 12.1 Å². The predicted octanol–water partition coefficient (Wildman–Crippen LogP) is 4.06. The maximum atomic E-state index is 12.4. The van der Waals surface area contributed by atoms with Gasteiger partial charge in [0.1, 0.15) is 5.75 Å². The Hall–Kier alpha value is -2.86. The van der Waals surface area contributed by atoms with Gasteiger partial charge < -0.3 is 10.4 Å². The van der Waals surface area contributed by atoms with Crippen LogP contribution >= 0.6 is 11.6 Å². The summed E-state index contributed by atoms with van der Waals surface area (Å²) in [4.78, 5) is 24.5. The minimum Gasteiger partial charge on any atom is -0.507 e. The van der Waals surface area contributed by atoms with Gasteiger partial charge in [0.25, 0.3) is 5.91 Å². The van der Waals surface area contributed by atoms with Gasteiger partial charge in [-0.15, -0.1) is 0 Å². The maximum absolute atomic E-state index is 12.4. The summed E-state index contributed by atoms with van der Waals surface area (Å²) in [6.07, 6.45) is 4.37. The normalized spacial score (nSPS) is 13.6. The fourth-order valence-corrected chi connectivity index (χ4v) is 3.43. The fraction of sp³-hybridized carbons (Fsp3) is 0.286. The molecule has 0 saturated heterocycles. The number of nitrogens with zero attached hydrogens (tertiary/aromatic N) is 1. The zero-order chi connectivity index (χ0) is 20.1. The Balaban J connectivity index is 1.60. The Morgan fingerprint density at radius 3 is 2.79 bits per heavy atom. The molecule has 146 valence electrons. The van der Waals surface area contributed by atoms with E-state index in [4.69, 9.17) is 11.6 Å². The number of carbonyl (C=O) groups is 2. The van der Waals surface area contributed by atoms with Gasteiger partial charge in [-0.25, -0.2) is 5.43 Å². The smallest absolute Gasteiger partial charge is 0.275 e. The Morgan fingerprint density at radius 2 is 1.96 bits per heavy atom. The lowest BCUT2D eigenvalue weighted by atomic mass is 9.90. The molecule has 2 aromatic rings. The van der Waals surface area contributed by atoms with E-state index in [1.165, 1.54) is 35.7 Å². The first kappa shape index (κ1) is 19.9. The maximum Gasteiger partial charge on any atom is 0.275 e. The van der Waals surface area contributed by atoms with E-state index in [0.717, 1.165) is 24.9 Å². The number of hydrogen-bond acceptors (Lipinski definition) is 4. The predicted molar refractivity (Wildman–Crippen MR) is 110 cm³/mol. The number of anilines is 1. The average Bonchev–Trinajstić information content (AvgIpc) is 2.68. The molecule has 2 amide bonds. The molecular formula is C21H22ClN3O3. The average molecular weight is 400 g/mol. The summed E-state index contributed by atoms with van der Waals surface area (Å²) < 4.78 is 0. The molecule has 0 aromatic heterocycles. The second-order valence-corrected chi connectivity index (χ2v) is 7.26. The number of hydrogen-bond donors (Lipinski definition) is 3. The van der Waals surface area contributed by atoms with Gasteiger partial charge in [0.15, 0.2) is 0 Å². The first-order chi connectivity index (χ1) is 13.4. The SMILES string of the molecule is C/C(CC(=O)Nc1cccc2c1CCCC2)=N\NC(=O)c1cc(Cl)ccc1O. The topological polar surface area (TPSA) is 90.8 Å². The van der Waals surface area contributed by atoms with Crippen molar-refractivity contribution in [3.8, 4) is 5.75 Å². The first-order valence-corrected chi connectivity index (χ1v) is 9.54. The van der Waals surface area contributed by atoms with Crippen LogP contribution in [-0.2, 0) is 17.6 Å². The van der Waals surface area contributed by atoms with Crippen molar-refractivity contribution in [2.75, 3.05) is 5.32 Å². The van der Waals surface area contributed by atoms with Gasteiger partial charge in [-0.3, -0.25) is 9.59 Å². The van der Waals surface area contributed by atoms with Gasteiger partial charge in [-0.05, 0) is 68.0 Å². The molecule has 0 radical (unpaired) electrons. The minimum atomic E-state index is -0.600. The molecule has 3 N–H and O–H groups in total. The zero-order valence-electron chi connectivity index (χ0n) is 15.6. The molecule has 0 saturated carbocycles. The van der Waals surface area contributed by atoms with Crippen LogP contribution in [0.3, 0.4) is 0 Å². The third kappa shape index (κ3) is 4.89. The van der Waals surface area contributed by atoms with E-state index in [9.17, 15) is 14.7 Å². The van der Waals surface area contributed by atoms with Crippen molar-refractivity contribution in [1.29, 1.82) is 0 Å². The van der Waals surface area contributed by atoms with E-state index in [0.29, 0.717) is 10.7 Å². The van der Waals surface area contributed by atoms with Crippen molar-refractivity contribution in [3.63, 3.8) is 0 Å². The number of phenols is 1. The summed E-state index contributed by atoms with van der Waals surface area (Å²) >= 11 is 5.84. The molecule has 0 atom stereocenters. The summed E-state index contributed by atoms with van der Waals surface area (Å²) in [6, 6.07) is 10.1. The summed E-state index contributed by atoms with van der Waals surface area (Å²) in [7, 11) is 0. The number of rotatable bonds is 5. The molecule has 28 heavy (non-hydrogen) atoms. The summed E-state index contributed by atoms with van der Waals surface area (Å²) in [5.41, 5.74) is 6.15. The van der Waals surface area contributed by atoms with E-state index in [2.05, 4.69) is 21.9 Å². The standard InChI is InChI=1S/C21H22ClN3O3/c1-13(24-25-21(28)17-12-15(22)9-10-19(17)26)11-20(27)23-18-8-4-6-14-5-2-3-7-16(14)18/h4,6,8-10,12,26H,2-3,5,7,11H2,1H3,(H,23,27)(H,25,28)/b24-13+. The van der Waals surface area contributed by atoms with Crippen LogP contribution in [0.15, 0.2) is 41.5 Å². The Bertz CT molecular complexity index is 940. The van der Waals surface area contributed by atoms with Crippen LogP contribution in [0.1, 0.15) is 47.7 Å². The largest absolute Gasteiger partial charge is 0.507 e. The monoisotopic (exact) mass is 399 g/mol. The summed E-state index contributed by atoms with van der Waals surface area (Å²) in [5, 5.41) is 17.0. The van der Waals surface area contributed by atoms with E-state index in [1.54, 1.807) is 6.92 Å². The third-order valence-electron chi connectivity index (χ3n) is 4.64. The highest BCUT2D eigenvalue weighted by molar-refractivity contribution is 6.31. The number of fused-ring (bicyclic) bond motifs is 1. The lowest BCUT2D eigenvalue weighted by Crippen LogP contribution is -2.22. The van der Waals surface area contributed by atoms with Crippen LogP contribution in [0.5, 0.6) is 5.75 Å². The highest BCUT2D eigenvalue weighted by Crippen LogP contribution is 2.28. The fourth-order valence-electron chi connectivity index (χ4n) is 3.26. The molecule has 1 aliphatic carbocycles. The first-order valence-electron chi connectivity index (χ1n) is 9.16. The highest BCUT2D eigenvalue weighted by atomic mass is 35.5. The molecule has 2 aromatic carbocycles. The molecule has 0 spiro atoms. The molecular weight excluding hydrogens is 378 g/mol. The van der Waals surface area contributed by atoms with Crippen molar-refractivity contribution in [2.45, 2.75) is 39.0 Å². The highest BCUT2D eigenvalue weighted by Gasteiger charge is 2.15. The molecule has 3 rings (SSSR count). The molecule has 0 bridgehead atoms. The van der Waals surface area contributed by atoms with Crippen LogP contribution in [0.2, 0.25) is 5.02 Å².